The van der Waals surface area contributed by atoms with Gasteiger partial charge in [-0.05, 0) is 24.1 Å². The topological polar surface area (TPSA) is 26.3 Å². The average Bonchev–Trinajstić information content (AvgIpc) is 2.77. The van der Waals surface area contributed by atoms with E-state index >= 15 is 0 Å². The van der Waals surface area contributed by atoms with E-state index in [2.05, 4.69) is 0 Å². The molecule has 0 amide bonds. The van der Waals surface area contributed by atoms with Crippen LogP contribution in [-0.4, -0.2) is 5.97 Å². The Morgan fingerprint density at radius 1 is 0.895 bits per heavy atom. The summed E-state index contributed by atoms with van der Waals surface area (Å²) in [5, 5.41) is 0. The van der Waals surface area contributed by atoms with Crippen LogP contribution >= 0.6 is 0 Å². The Hall–Kier alpha value is -2.35. The number of hydrogen-bond donors (Lipinski definition) is 0. The van der Waals surface area contributed by atoms with Crippen LogP contribution < -0.4 is 0 Å². The lowest BCUT2D eigenvalue weighted by molar-refractivity contribution is -0.144. The highest BCUT2D eigenvalue weighted by Crippen LogP contribution is 2.37. The molecular weight excluding hydrogens is 236 g/mol. The molecule has 0 aliphatic carbocycles. The number of cyclic esters (lactones) is 1. The van der Waals surface area contributed by atoms with Gasteiger partial charge in [-0.2, -0.15) is 0 Å². The number of rotatable bonds is 2. The molecule has 1 atom stereocenters. The van der Waals surface area contributed by atoms with E-state index in [4.69, 9.17) is 4.74 Å². The lowest BCUT2D eigenvalue weighted by Crippen LogP contribution is -2.20. The summed E-state index contributed by atoms with van der Waals surface area (Å²) in [6.45, 7) is 1.91. The third kappa shape index (κ3) is 2.06. The molecule has 2 heteroatoms. The third-order valence-electron chi connectivity index (χ3n) is 3.38. The van der Waals surface area contributed by atoms with Crippen molar-refractivity contribution in [2.24, 2.45) is 0 Å². The van der Waals surface area contributed by atoms with Crippen molar-refractivity contribution in [3.63, 3.8) is 0 Å². The molecule has 2 aromatic carbocycles. The number of esters is 1. The van der Waals surface area contributed by atoms with Gasteiger partial charge >= 0.3 is 5.97 Å². The standard InChI is InChI=1S/C17H14O2/c1-17(14-10-6-3-7-11-14)12-15(16(18)19-17)13-8-4-2-5-9-13/h2-12H,1H3. The molecule has 0 saturated heterocycles. The monoisotopic (exact) mass is 250 g/mol. The molecule has 0 N–H and O–H groups in total. The summed E-state index contributed by atoms with van der Waals surface area (Å²) in [6, 6.07) is 19.4. The van der Waals surface area contributed by atoms with Crippen LogP contribution in [-0.2, 0) is 15.1 Å². The molecule has 0 bridgehead atoms. The van der Waals surface area contributed by atoms with Crippen LogP contribution in [0.25, 0.3) is 5.57 Å². The second kappa shape index (κ2) is 4.39. The molecule has 94 valence electrons. The van der Waals surface area contributed by atoms with E-state index in [0.717, 1.165) is 11.1 Å². The molecule has 3 rings (SSSR count). The quantitative estimate of drug-likeness (QED) is 0.762. The summed E-state index contributed by atoms with van der Waals surface area (Å²) in [5.41, 5.74) is 1.83. The normalized spacial score (nSPS) is 21.9. The van der Waals surface area contributed by atoms with Crippen molar-refractivity contribution in [3.05, 3.63) is 77.9 Å². The Bertz CT molecular complexity index is 629. The fourth-order valence-electron chi connectivity index (χ4n) is 2.34. The maximum absolute atomic E-state index is 12.1. The minimum atomic E-state index is -0.677. The maximum atomic E-state index is 12.1. The fraction of sp³-hybridized carbons (Fsp3) is 0.118. The number of hydrogen-bond acceptors (Lipinski definition) is 2. The molecular formula is C17H14O2. The van der Waals surface area contributed by atoms with Crippen LogP contribution in [0, 0.1) is 0 Å². The maximum Gasteiger partial charge on any atom is 0.339 e. The zero-order valence-electron chi connectivity index (χ0n) is 10.7. The van der Waals surface area contributed by atoms with Crippen LogP contribution in [0.3, 0.4) is 0 Å². The van der Waals surface area contributed by atoms with Crippen molar-refractivity contribution in [2.75, 3.05) is 0 Å². The van der Waals surface area contributed by atoms with Gasteiger partial charge in [-0.25, -0.2) is 4.79 Å². The summed E-state index contributed by atoms with van der Waals surface area (Å²) in [7, 11) is 0. The SMILES string of the molecule is CC1(c2ccccc2)C=C(c2ccccc2)C(=O)O1. The first-order valence-electron chi connectivity index (χ1n) is 6.26. The van der Waals surface area contributed by atoms with Gasteiger partial charge in [0.15, 0.2) is 5.60 Å². The van der Waals surface area contributed by atoms with E-state index in [-0.39, 0.29) is 5.97 Å². The first kappa shape index (κ1) is 11.7. The summed E-state index contributed by atoms with van der Waals surface area (Å²) in [6.07, 6.45) is 1.90. The fourth-order valence-corrected chi connectivity index (χ4v) is 2.34. The highest BCUT2D eigenvalue weighted by molar-refractivity contribution is 6.18. The second-order valence-electron chi connectivity index (χ2n) is 4.79. The highest BCUT2D eigenvalue weighted by atomic mass is 16.6. The minimum Gasteiger partial charge on any atom is -0.447 e. The van der Waals surface area contributed by atoms with Crippen molar-refractivity contribution < 1.29 is 9.53 Å². The minimum absolute atomic E-state index is 0.266. The Morgan fingerprint density at radius 3 is 2.11 bits per heavy atom. The van der Waals surface area contributed by atoms with Crippen molar-refractivity contribution in [3.8, 4) is 0 Å². The average molecular weight is 250 g/mol. The highest BCUT2D eigenvalue weighted by Gasteiger charge is 2.37. The summed E-state index contributed by atoms with van der Waals surface area (Å²) in [5.74, 6) is -0.266. The lowest BCUT2D eigenvalue weighted by atomic mass is 9.94. The number of ether oxygens (including phenoxy) is 1. The predicted octanol–water partition coefficient (Wildman–Crippen LogP) is 3.54. The Labute approximate surface area is 112 Å². The molecule has 0 fully saturated rings. The van der Waals surface area contributed by atoms with Crippen molar-refractivity contribution in [1.82, 2.24) is 0 Å². The van der Waals surface area contributed by atoms with Crippen molar-refractivity contribution >= 4 is 11.5 Å². The van der Waals surface area contributed by atoms with Gasteiger partial charge in [0, 0.05) is 0 Å². The van der Waals surface area contributed by atoms with E-state index in [9.17, 15) is 4.79 Å². The Balaban J connectivity index is 2.04. The van der Waals surface area contributed by atoms with Gasteiger partial charge < -0.3 is 4.74 Å². The van der Waals surface area contributed by atoms with Crippen LogP contribution in [0.15, 0.2) is 66.7 Å². The van der Waals surface area contributed by atoms with E-state index in [0.29, 0.717) is 5.57 Å². The van der Waals surface area contributed by atoms with E-state index in [1.165, 1.54) is 0 Å². The van der Waals surface area contributed by atoms with Crippen LogP contribution in [0.5, 0.6) is 0 Å². The van der Waals surface area contributed by atoms with Gasteiger partial charge in [-0.3, -0.25) is 0 Å². The summed E-state index contributed by atoms with van der Waals surface area (Å²) >= 11 is 0. The molecule has 1 unspecified atom stereocenters. The molecule has 0 saturated carbocycles. The van der Waals surface area contributed by atoms with E-state index in [1.807, 2.05) is 73.7 Å². The third-order valence-corrected chi connectivity index (χ3v) is 3.38. The van der Waals surface area contributed by atoms with Gasteiger partial charge in [-0.15, -0.1) is 0 Å². The first-order valence-corrected chi connectivity index (χ1v) is 6.26. The molecule has 1 aliphatic rings. The molecule has 0 aromatic heterocycles. The van der Waals surface area contributed by atoms with Crippen molar-refractivity contribution in [1.29, 1.82) is 0 Å². The first-order chi connectivity index (χ1) is 9.19. The Morgan fingerprint density at radius 2 is 1.47 bits per heavy atom. The van der Waals surface area contributed by atoms with Crippen LogP contribution in [0.4, 0.5) is 0 Å². The van der Waals surface area contributed by atoms with Gasteiger partial charge in [0.25, 0.3) is 0 Å². The van der Waals surface area contributed by atoms with Crippen LogP contribution in [0.2, 0.25) is 0 Å². The largest absolute Gasteiger partial charge is 0.447 e. The summed E-state index contributed by atoms with van der Waals surface area (Å²) < 4.78 is 5.57. The number of benzene rings is 2. The van der Waals surface area contributed by atoms with E-state index in [1.54, 1.807) is 0 Å². The molecule has 19 heavy (non-hydrogen) atoms. The number of carbonyl (C=O) groups is 1. The molecule has 2 nitrogen and oxygen atoms in total. The van der Waals surface area contributed by atoms with E-state index < -0.39 is 5.60 Å². The predicted molar refractivity (Wildman–Crippen MR) is 74.3 cm³/mol. The van der Waals surface area contributed by atoms with Crippen molar-refractivity contribution in [2.45, 2.75) is 12.5 Å². The molecule has 1 aliphatic heterocycles. The number of carbonyl (C=O) groups excluding carboxylic acids is 1. The summed E-state index contributed by atoms with van der Waals surface area (Å²) in [4.78, 5) is 12.1. The van der Waals surface area contributed by atoms with Gasteiger partial charge in [0.1, 0.15) is 0 Å². The second-order valence-corrected chi connectivity index (χ2v) is 4.79. The van der Waals surface area contributed by atoms with Gasteiger partial charge in [0.2, 0.25) is 0 Å². The molecule has 1 heterocycles. The van der Waals surface area contributed by atoms with Gasteiger partial charge in [0.05, 0.1) is 5.57 Å². The Kier molecular flexibility index (Phi) is 2.71. The smallest absolute Gasteiger partial charge is 0.339 e. The van der Waals surface area contributed by atoms with Gasteiger partial charge in [-0.1, -0.05) is 60.7 Å². The zero-order chi connectivity index (χ0) is 13.3. The zero-order valence-corrected chi connectivity index (χ0v) is 10.7. The molecule has 0 radical (unpaired) electrons. The van der Waals surface area contributed by atoms with Crippen LogP contribution in [0.1, 0.15) is 18.1 Å². The lowest BCUT2D eigenvalue weighted by Gasteiger charge is -2.21. The molecule has 2 aromatic rings. The molecule has 0 spiro atoms.